The van der Waals surface area contributed by atoms with Gasteiger partial charge in [0.25, 0.3) is 5.91 Å². The van der Waals surface area contributed by atoms with Gasteiger partial charge in [0.1, 0.15) is 11.6 Å². The Morgan fingerprint density at radius 3 is 2.68 bits per heavy atom. The number of carbonyl (C=O) groups is 1. The van der Waals surface area contributed by atoms with Crippen LogP contribution < -0.4 is 5.32 Å². The van der Waals surface area contributed by atoms with Crippen LogP contribution in [-0.2, 0) is 0 Å². The minimum Gasteiger partial charge on any atom is -0.306 e. The van der Waals surface area contributed by atoms with Crippen LogP contribution in [0, 0.1) is 19.7 Å². The predicted octanol–water partition coefficient (Wildman–Crippen LogP) is 3.85. The van der Waals surface area contributed by atoms with Crippen LogP contribution in [0.2, 0.25) is 0 Å². The van der Waals surface area contributed by atoms with Crippen LogP contribution >= 0.6 is 15.9 Å². The topological polar surface area (TPSA) is 42.0 Å². The van der Waals surface area contributed by atoms with Gasteiger partial charge in [-0.25, -0.2) is 9.37 Å². The van der Waals surface area contributed by atoms with Crippen molar-refractivity contribution in [2.24, 2.45) is 0 Å². The third kappa shape index (κ3) is 3.38. The van der Waals surface area contributed by atoms with E-state index in [1.165, 1.54) is 12.1 Å². The van der Waals surface area contributed by atoms with Crippen LogP contribution in [0.15, 0.2) is 34.8 Å². The van der Waals surface area contributed by atoms with Crippen molar-refractivity contribution >= 4 is 27.7 Å². The van der Waals surface area contributed by atoms with Crippen molar-refractivity contribution in [2.45, 2.75) is 13.8 Å². The van der Waals surface area contributed by atoms with Crippen molar-refractivity contribution in [3.8, 4) is 0 Å². The smallest absolute Gasteiger partial charge is 0.259 e. The molecule has 0 bridgehead atoms. The second-order valence-corrected chi connectivity index (χ2v) is 5.17. The summed E-state index contributed by atoms with van der Waals surface area (Å²) in [5.74, 6) is -0.664. The van der Waals surface area contributed by atoms with Crippen LogP contribution in [0.5, 0.6) is 0 Å². The SMILES string of the molecule is Cc1cc(C)nc(NC(=O)c2cc(Br)ccc2F)c1. The van der Waals surface area contributed by atoms with Gasteiger partial charge in [-0.1, -0.05) is 15.9 Å². The molecule has 0 aliphatic heterocycles. The summed E-state index contributed by atoms with van der Waals surface area (Å²) in [6, 6.07) is 7.86. The van der Waals surface area contributed by atoms with Gasteiger partial charge in [-0.15, -0.1) is 0 Å². The summed E-state index contributed by atoms with van der Waals surface area (Å²) in [7, 11) is 0. The molecule has 3 nitrogen and oxygen atoms in total. The molecule has 0 spiro atoms. The van der Waals surface area contributed by atoms with E-state index in [-0.39, 0.29) is 5.56 Å². The van der Waals surface area contributed by atoms with Gasteiger partial charge >= 0.3 is 0 Å². The van der Waals surface area contributed by atoms with Crippen molar-refractivity contribution in [3.63, 3.8) is 0 Å². The second-order valence-electron chi connectivity index (χ2n) is 4.25. The summed E-state index contributed by atoms with van der Waals surface area (Å²) in [4.78, 5) is 16.2. The molecule has 1 aromatic heterocycles. The number of hydrogen-bond acceptors (Lipinski definition) is 2. The van der Waals surface area contributed by atoms with E-state index in [9.17, 15) is 9.18 Å². The van der Waals surface area contributed by atoms with E-state index in [1.807, 2.05) is 19.9 Å². The van der Waals surface area contributed by atoms with Crippen LogP contribution in [0.3, 0.4) is 0 Å². The maximum absolute atomic E-state index is 13.6. The molecule has 19 heavy (non-hydrogen) atoms. The molecule has 1 amide bonds. The molecule has 0 unspecified atom stereocenters. The lowest BCUT2D eigenvalue weighted by molar-refractivity contribution is 0.102. The molecule has 98 valence electrons. The monoisotopic (exact) mass is 322 g/mol. The van der Waals surface area contributed by atoms with Crippen molar-refractivity contribution in [1.29, 1.82) is 0 Å². The summed E-state index contributed by atoms with van der Waals surface area (Å²) < 4.78 is 14.2. The van der Waals surface area contributed by atoms with Gasteiger partial charge in [0, 0.05) is 10.2 Å². The standard InChI is InChI=1S/C14H12BrFN2O/c1-8-5-9(2)17-13(6-8)18-14(19)11-7-10(15)3-4-12(11)16/h3-7H,1-2H3,(H,17,18,19). The zero-order chi connectivity index (χ0) is 14.0. The molecular formula is C14H12BrFN2O. The number of aromatic nitrogens is 1. The van der Waals surface area contributed by atoms with Gasteiger partial charge in [0.2, 0.25) is 0 Å². The summed E-state index contributed by atoms with van der Waals surface area (Å²) in [5.41, 5.74) is 1.76. The summed E-state index contributed by atoms with van der Waals surface area (Å²) >= 11 is 3.21. The van der Waals surface area contributed by atoms with Crippen LogP contribution in [0.1, 0.15) is 21.6 Å². The highest BCUT2D eigenvalue weighted by molar-refractivity contribution is 9.10. The van der Waals surface area contributed by atoms with Gasteiger partial charge in [-0.2, -0.15) is 0 Å². The minimum atomic E-state index is -0.565. The number of carbonyl (C=O) groups excluding carboxylic acids is 1. The van der Waals surface area contributed by atoms with E-state index < -0.39 is 11.7 Å². The Hall–Kier alpha value is -1.75. The number of nitrogens with zero attached hydrogens (tertiary/aromatic N) is 1. The molecule has 0 saturated carbocycles. The molecule has 0 fully saturated rings. The van der Waals surface area contributed by atoms with Crippen LogP contribution in [-0.4, -0.2) is 10.9 Å². The van der Waals surface area contributed by atoms with E-state index in [4.69, 9.17) is 0 Å². The Morgan fingerprint density at radius 1 is 1.26 bits per heavy atom. The molecule has 0 aliphatic carbocycles. The lowest BCUT2D eigenvalue weighted by Crippen LogP contribution is -2.15. The summed E-state index contributed by atoms with van der Waals surface area (Å²) in [6.45, 7) is 3.74. The zero-order valence-electron chi connectivity index (χ0n) is 10.5. The Kier molecular flexibility index (Phi) is 3.95. The van der Waals surface area contributed by atoms with Crippen molar-refractivity contribution in [2.75, 3.05) is 5.32 Å². The molecule has 1 N–H and O–H groups in total. The van der Waals surface area contributed by atoms with Crippen molar-refractivity contribution < 1.29 is 9.18 Å². The fraction of sp³-hybridized carbons (Fsp3) is 0.143. The van der Waals surface area contributed by atoms with Crippen LogP contribution in [0.25, 0.3) is 0 Å². The number of rotatable bonds is 2. The fourth-order valence-corrected chi connectivity index (χ4v) is 2.12. The number of pyridine rings is 1. The highest BCUT2D eigenvalue weighted by Crippen LogP contribution is 2.17. The highest BCUT2D eigenvalue weighted by atomic mass is 79.9. The second kappa shape index (κ2) is 5.48. The minimum absolute atomic E-state index is 0.0182. The number of amides is 1. The van der Waals surface area contributed by atoms with Gasteiger partial charge in [0.15, 0.2) is 0 Å². The van der Waals surface area contributed by atoms with Gasteiger partial charge in [0.05, 0.1) is 5.56 Å². The largest absolute Gasteiger partial charge is 0.306 e. The van der Waals surface area contributed by atoms with E-state index in [1.54, 1.807) is 12.1 Å². The Balaban J connectivity index is 2.28. The van der Waals surface area contributed by atoms with Crippen LogP contribution in [0.4, 0.5) is 10.2 Å². The number of benzene rings is 1. The quantitative estimate of drug-likeness (QED) is 0.912. The van der Waals surface area contributed by atoms with E-state index >= 15 is 0 Å². The number of anilines is 1. The molecule has 2 aromatic rings. The number of nitrogens with one attached hydrogen (secondary N) is 1. The van der Waals surface area contributed by atoms with E-state index in [0.29, 0.717) is 10.3 Å². The molecule has 0 radical (unpaired) electrons. The first-order valence-corrected chi connectivity index (χ1v) is 6.47. The summed E-state index contributed by atoms with van der Waals surface area (Å²) in [5, 5.41) is 2.60. The first-order chi connectivity index (χ1) is 8.95. The maximum Gasteiger partial charge on any atom is 0.259 e. The normalized spacial score (nSPS) is 10.3. The average molecular weight is 323 g/mol. The average Bonchev–Trinajstić information content (AvgIpc) is 2.30. The first kappa shape index (κ1) is 13.7. The first-order valence-electron chi connectivity index (χ1n) is 5.67. The Morgan fingerprint density at radius 2 is 2.00 bits per heavy atom. The lowest BCUT2D eigenvalue weighted by Gasteiger charge is -2.07. The Labute approximate surface area is 119 Å². The van der Waals surface area contributed by atoms with Crippen molar-refractivity contribution in [1.82, 2.24) is 4.98 Å². The lowest BCUT2D eigenvalue weighted by atomic mass is 10.2. The van der Waals surface area contributed by atoms with Crippen molar-refractivity contribution in [3.05, 3.63) is 57.4 Å². The van der Waals surface area contributed by atoms with Gasteiger partial charge in [-0.3, -0.25) is 4.79 Å². The van der Waals surface area contributed by atoms with Gasteiger partial charge < -0.3 is 5.32 Å². The number of hydrogen-bond donors (Lipinski definition) is 1. The molecule has 2 rings (SSSR count). The van der Waals surface area contributed by atoms with Gasteiger partial charge in [-0.05, 0) is 49.7 Å². The van der Waals surface area contributed by atoms with E-state index in [0.717, 1.165) is 11.3 Å². The number of halogens is 2. The third-order valence-electron chi connectivity index (χ3n) is 2.51. The Bertz CT molecular complexity index is 623. The highest BCUT2D eigenvalue weighted by Gasteiger charge is 2.13. The van der Waals surface area contributed by atoms with E-state index in [2.05, 4.69) is 26.2 Å². The molecule has 5 heteroatoms. The molecule has 0 saturated heterocycles. The fourth-order valence-electron chi connectivity index (χ4n) is 1.76. The zero-order valence-corrected chi connectivity index (χ0v) is 12.1. The molecule has 0 aliphatic rings. The molecular weight excluding hydrogens is 311 g/mol. The summed E-state index contributed by atoms with van der Waals surface area (Å²) in [6.07, 6.45) is 0. The molecule has 0 atom stereocenters. The number of aryl methyl sites for hydroxylation is 2. The predicted molar refractivity (Wildman–Crippen MR) is 75.8 cm³/mol. The maximum atomic E-state index is 13.6. The molecule has 1 heterocycles. The molecule has 1 aromatic carbocycles. The third-order valence-corrected chi connectivity index (χ3v) is 3.01.